The van der Waals surface area contributed by atoms with Gasteiger partial charge in [0.1, 0.15) is 23.9 Å². The van der Waals surface area contributed by atoms with Crippen molar-refractivity contribution in [3.8, 4) is 5.75 Å². The number of para-hydroxylation sites is 2. The van der Waals surface area contributed by atoms with E-state index in [1.165, 1.54) is 21.7 Å². The summed E-state index contributed by atoms with van der Waals surface area (Å²) in [6.45, 7) is 3.26. The van der Waals surface area contributed by atoms with Crippen LogP contribution in [-0.2, 0) is 10.7 Å². The first-order valence-electron chi connectivity index (χ1n) is 9.46. The normalized spacial score (nSPS) is 16.4. The number of allylic oxidation sites excluding steroid dienone is 1. The number of nitrogens with zero attached hydrogens (tertiary/aromatic N) is 4. The fraction of sp³-hybridized carbons (Fsp3) is 0.238. The van der Waals surface area contributed by atoms with E-state index >= 15 is 0 Å². The predicted molar refractivity (Wildman–Crippen MR) is 108 cm³/mol. The zero-order chi connectivity index (χ0) is 22.2. The van der Waals surface area contributed by atoms with Crippen LogP contribution in [0, 0.1) is 0 Å². The summed E-state index contributed by atoms with van der Waals surface area (Å²) in [5, 5.41) is 10.2. The van der Waals surface area contributed by atoms with Gasteiger partial charge in [-0.1, -0.05) is 23.4 Å². The summed E-state index contributed by atoms with van der Waals surface area (Å²) in [6, 6.07) is 8.38. The second-order valence-corrected chi connectivity index (χ2v) is 7.08. The van der Waals surface area contributed by atoms with E-state index in [1.54, 1.807) is 31.3 Å². The molecule has 1 aromatic carbocycles. The number of nitrogens with one attached hydrogen (secondary N) is 1. The van der Waals surface area contributed by atoms with E-state index in [0.717, 1.165) is 12.1 Å². The van der Waals surface area contributed by atoms with E-state index in [2.05, 4.69) is 22.2 Å². The number of benzene rings is 1. The van der Waals surface area contributed by atoms with Crippen LogP contribution in [0.4, 0.5) is 14.5 Å². The largest absolute Gasteiger partial charge is 0.489 e. The molecule has 0 radical (unpaired) electrons. The second-order valence-electron chi connectivity index (χ2n) is 7.08. The van der Waals surface area contributed by atoms with Crippen molar-refractivity contribution in [3.05, 3.63) is 66.5 Å². The molecule has 1 atom stereocenters. The number of amides is 2. The minimum Gasteiger partial charge on any atom is -0.489 e. The summed E-state index contributed by atoms with van der Waals surface area (Å²) < 4.78 is 35.4. The number of aromatic nitrogens is 3. The van der Waals surface area contributed by atoms with Gasteiger partial charge < -0.3 is 15.0 Å². The van der Waals surface area contributed by atoms with Gasteiger partial charge in [0.05, 0.1) is 5.69 Å². The number of ether oxygens (including phenoxy) is 1. The van der Waals surface area contributed by atoms with Crippen molar-refractivity contribution in [1.82, 2.24) is 20.1 Å². The van der Waals surface area contributed by atoms with E-state index in [0.29, 0.717) is 11.4 Å². The third-order valence-electron chi connectivity index (χ3n) is 5.02. The van der Waals surface area contributed by atoms with Gasteiger partial charge in [-0.2, -0.15) is 0 Å². The van der Waals surface area contributed by atoms with Crippen molar-refractivity contribution in [2.75, 3.05) is 18.6 Å². The molecule has 0 saturated heterocycles. The smallest absolute Gasteiger partial charge is 0.276 e. The standard InChI is InChI=1S/C21H19F2N5O3/c1-3-9-21(22,23)13-8-10-28-16(11-13)18(25-26-28)19(29)24-14-12-31-17-7-5-4-6-15(17)27(2)20(14)30/h3-8,10-11,14H,1,9,12H2,2H3,(H,24,29)/t14-/m0/s1. The SMILES string of the molecule is C=CCC(F)(F)c1ccn2nnc(C(=O)N[C@H]3COc4ccccc4N(C)C3=O)c2c1. The lowest BCUT2D eigenvalue weighted by atomic mass is 10.1. The highest BCUT2D eigenvalue weighted by molar-refractivity contribution is 6.04. The highest BCUT2D eigenvalue weighted by Gasteiger charge is 2.33. The Morgan fingerprint density at radius 2 is 2.16 bits per heavy atom. The molecule has 1 aliphatic rings. The molecule has 31 heavy (non-hydrogen) atoms. The van der Waals surface area contributed by atoms with Crippen molar-refractivity contribution in [2.24, 2.45) is 0 Å². The fourth-order valence-electron chi connectivity index (χ4n) is 3.36. The topological polar surface area (TPSA) is 88.8 Å². The lowest BCUT2D eigenvalue weighted by Crippen LogP contribution is -2.49. The molecule has 160 valence electrons. The minimum absolute atomic E-state index is 0.0895. The number of hydrogen-bond donors (Lipinski definition) is 1. The Balaban J connectivity index is 1.60. The number of rotatable bonds is 5. The molecule has 8 nitrogen and oxygen atoms in total. The number of anilines is 1. The summed E-state index contributed by atoms with van der Waals surface area (Å²) in [6.07, 6.45) is 1.88. The average Bonchev–Trinajstić information content (AvgIpc) is 3.14. The number of likely N-dealkylation sites (N-methyl/N-ethyl adjacent to an activating group) is 1. The molecular weight excluding hydrogens is 408 g/mol. The molecule has 0 bridgehead atoms. The summed E-state index contributed by atoms with van der Waals surface area (Å²) in [4.78, 5) is 27.1. The van der Waals surface area contributed by atoms with Crippen LogP contribution in [0.2, 0.25) is 0 Å². The number of pyridine rings is 1. The summed E-state index contributed by atoms with van der Waals surface area (Å²) in [5.41, 5.74) is 0.207. The van der Waals surface area contributed by atoms with Gasteiger partial charge >= 0.3 is 0 Å². The molecular formula is C21H19F2N5O3. The monoisotopic (exact) mass is 427 g/mol. The van der Waals surface area contributed by atoms with Crippen molar-refractivity contribution in [1.29, 1.82) is 0 Å². The number of alkyl halides is 2. The Morgan fingerprint density at radius 3 is 2.94 bits per heavy atom. The molecule has 1 aliphatic heterocycles. The van der Waals surface area contributed by atoms with Crippen LogP contribution in [0.15, 0.2) is 55.3 Å². The third-order valence-corrected chi connectivity index (χ3v) is 5.02. The highest BCUT2D eigenvalue weighted by Crippen LogP contribution is 2.33. The van der Waals surface area contributed by atoms with E-state index in [-0.39, 0.29) is 29.3 Å². The molecule has 0 fully saturated rings. The van der Waals surface area contributed by atoms with Crippen LogP contribution in [-0.4, -0.2) is 46.3 Å². The van der Waals surface area contributed by atoms with Gasteiger partial charge in [-0.15, -0.1) is 11.7 Å². The molecule has 3 heterocycles. The highest BCUT2D eigenvalue weighted by atomic mass is 19.3. The molecule has 4 rings (SSSR count). The Bertz CT molecular complexity index is 1180. The predicted octanol–water partition coefficient (Wildman–Crippen LogP) is 2.55. The molecule has 0 unspecified atom stereocenters. The van der Waals surface area contributed by atoms with Gasteiger partial charge in [0.15, 0.2) is 5.69 Å². The first-order chi connectivity index (χ1) is 14.8. The van der Waals surface area contributed by atoms with Gasteiger partial charge in [0, 0.05) is 25.2 Å². The fourth-order valence-corrected chi connectivity index (χ4v) is 3.36. The van der Waals surface area contributed by atoms with Crippen molar-refractivity contribution < 1.29 is 23.1 Å². The van der Waals surface area contributed by atoms with Gasteiger partial charge in [0.25, 0.3) is 17.7 Å². The summed E-state index contributed by atoms with van der Waals surface area (Å²) >= 11 is 0. The Labute approximate surface area is 176 Å². The van der Waals surface area contributed by atoms with E-state index in [9.17, 15) is 18.4 Å². The van der Waals surface area contributed by atoms with Crippen molar-refractivity contribution in [3.63, 3.8) is 0 Å². The quantitative estimate of drug-likeness (QED) is 0.633. The first-order valence-corrected chi connectivity index (χ1v) is 9.46. The molecule has 3 aromatic rings. The van der Waals surface area contributed by atoms with Gasteiger partial charge in [-0.25, -0.2) is 13.3 Å². The first kappa shape index (κ1) is 20.5. The van der Waals surface area contributed by atoms with Crippen LogP contribution in [0.5, 0.6) is 5.75 Å². The summed E-state index contributed by atoms with van der Waals surface area (Å²) in [7, 11) is 1.58. The number of hydrogen-bond acceptors (Lipinski definition) is 5. The van der Waals surface area contributed by atoms with Crippen LogP contribution in [0.1, 0.15) is 22.5 Å². The third kappa shape index (κ3) is 3.72. The molecule has 1 N–H and O–H groups in total. The number of carbonyl (C=O) groups is 2. The Hall–Kier alpha value is -3.82. The lowest BCUT2D eigenvalue weighted by molar-refractivity contribution is -0.120. The Morgan fingerprint density at radius 1 is 1.39 bits per heavy atom. The zero-order valence-electron chi connectivity index (χ0n) is 16.6. The zero-order valence-corrected chi connectivity index (χ0v) is 16.6. The van der Waals surface area contributed by atoms with E-state index in [4.69, 9.17) is 4.74 Å². The van der Waals surface area contributed by atoms with Crippen LogP contribution in [0.25, 0.3) is 5.52 Å². The number of carbonyl (C=O) groups excluding carboxylic acids is 2. The maximum Gasteiger partial charge on any atom is 0.276 e. The maximum atomic E-state index is 14.3. The van der Waals surface area contributed by atoms with Crippen molar-refractivity contribution >= 4 is 23.0 Å². The molecule has 0 saturated carbocycles. The van der Waals surface area contributed by atoms with Crippen LogP contribution in [0.3, 0.4) is 0 Å². The molecule has 10 heteroatoms. The lowest BCUT2D eigenvalue weighted by Gasteiger charge is -2.20. The number of halogens is 2. The van der Waals surface area contributed by atoms with E-state index in [1.807, 2.05) is 0 Å². The maximum absolute atomic E-state index is 14.3. The van der Waals surface area contributed by atoms with E-state index < -0.39 is 24.3 Å². The van der Waals surface area contributed by atoms with Gasteiger partial charge in [-0.3, -0.25) is 9.59 Å². The minimum atomic E-state index is -3.15. The number of fused-ring (bicyclic) bond motifs is 2. The Kier molecular flexibility index (Phi) is 5.14. The van der Waals surface area contributed by atoms with Crippen molar-refractivity contribution in [2.45, 2.75) is 18.4 Å². The second kappa shape index (κ2) is 7.78. The van der Waals surface area contributed by atoms with Crippen LogP contribution >= 0.6 is 0 Å². The van der Waals surface area contributed by atoms with Crippen LogP contribution < -0.4 is 15.0 Å². The average molecular weight is 427 g/mol. The van der Waals surface area contributed by atoms with Gasteiger partial charge in [-0.05, 0) is 24.3 Å². The van der Waals surface area contributed by atoms with Gasteiger partial charge in [0.2, 0.25) is 0 Å². The molecule has 0 aliphatic carbocycles. The summed E-state index contributed by atoms with van der Waals surface area (Å²) in [5.74, 6) is -3.74. The molecule has 0 spiro atoms. The molecule has 2 amide bonds. The molecule has 2 aromatic heterocycles.